The van der Waals surface area contributed by atoms with Gasteiger partial charge in [0.1, 0.15) is 11.5 Å². The maximum Gasteiger partial charge on any atom is 0.259 e. The van der Waals surface area contributed by atoms with Crippen LogP contribution in [0.25, 0.3) is 0 Å². The van der Waals surface area contributed by atoms with E-state index < -0.39 is 0 Å². The lowest BCUT2D eigenvalue weighted by molar-refractivity contribution is 0.0460. The molecule has 0 saturated carbocycles. The van der Waals surface area contributed by atoms with Crippen molar-refractivity contribution < 1.29 is 18.7 Å². The molecule has 1 fully saturated rings. The summed E-state index contributed by atoms with van der Waals surface area (Å²) in [6.45, 7) is 2.46. The molecule has 6 heteroatoms. The zero-order valence-corrected chi connectivity index (χ0v) is 16.3. The summed E-state index contributed by atoms with van der Waals surface area (Å²) in [6, 6.07) is 16.5. The quantitative estimate of drug-likeness (QED) is 0.699. The predicted octanol–water partition coefficient (Wildman–Crippen LogP) is 4.44. The summed E-state index contributed by atoms with van der Waals surface area (Å²) in [5.41, 5.74) is 2.78. The van der Waals surface area contributed by atoms with Gasteiger partial charge in [-0.2, -0.15) is 0 Å². The van der Waals surface area contributed by atoms with Crippen LogP contribution in [0.4, 0.5) is 5.69 Å². The highest BCUT2D eigenvalue weighted by atomic mass is 16.5. The van der Waals surface area contributed by atoms with Gasteiger partial charge in [0, 0.05) is 17.8 Å². The molecule has 0 aliphatic carbocycles. The van der Waals surface area contributed by atoms with E-state index in [-0.39, 0.29) is 17.9 Å². The van der Waals surface area contributed by atoms with Crippen molar-refractivity contribution in [2.24, 2.45) is 0 Å². The Balaban J connectivity index is 1.44. The van der Waals surface area contributed by atoms with Crippen molar-refractivity contribution in [3.05, 3.63) is 83.3 Å². The van der Waals surface area contributed by atoms with Crippen LogP contribution in [0.5, 0.6) is 5.75 Å². The number of furan rings is 1. The average molecular weight is 390 g/mol. The van der Waals surface area contributed by atoms with Crippen LogP contribution in [0.3, 0.4) is 0 Å². The molecule has 2 aromatic carbocycles. The number of carbonyl (C=O) groups is 2. The van der Waals surface area contributed by atoms with Crippen LogP contribution in [0.2, 0.25) is 0 Å². The minimum absolute atomic E-state index is 0.0207. The second kappa shape index (κ2) is 7.83. The first-order valence-corrected chi connectivity index (χ1v) is 9.47. The van der Waals surface area contributed by atoms with Crippen LogP contribution in [-0.2, 0) is 0 Å². The third-order valence-electron chi connectivity index (χ3n) is 5.25. The molecule has 0 radical (unpaired) electrons. The van der Waals surface area contributed by atoms with Gasteiger partial charge < -0.3 is 19.4 Å². The fraction of sp³-hybridized carbons (Fsp3) is 0.217. The molecule has 6 nitrogen and oxygen atoms in total. The predicted molar refractivity (Wildman–Crippen MR) is 109 cm³/mol. The minimum atomic E-state index is -0.240. The minimum Gasteiger partial charge on any atom is -0.497 e. The molecule has 0 unspecified atom stereocenters. The number of likely N-dealkylation sites (tertiary alicyclic amines) is 1. The summed E-state index contributed by atoms with van der Waals surface area (Å²) in [5, 5.41) is 2.82. The van der Waals surface area contributed by atoms with Crippen molar-refractivity contribution in [3.8, 4) is 5.75 Å². The van der Waals surface area contributed by atoms with Crippen LogP contribution in [0.15, 0.2) is 65.3 Å². The summed E-state index contributed by atoms with van der Waals surface area (Å²) in [4.78, 5) is 27.1. The van der Waals surface area contributed by atoms with E-state index in [1.165, 1.54) is 6.26 Å². The number of nitrogens with one attached hydrogen (secondary N) is 1. The number of aryl methyl sites for hydroxylation is 1. The fourth-order valence-electron chi connectivity index (χ4n) is 3.51. The number of rotatable bonds is 5. The maximum absolute atomic E-state index is 12.9. The molecule has 1 saturated heterocycles. The Morgan fingerprint density at radius 2 is 1.93 bits per heavy atom. The van der Waals surface area contributed by atoms with Gasteiger partial charge in [0.05, 0.1) is 25.0 Å². The van der Waals surface area contributed by atoms with E-state index in [0.29, 0.717) is 22.6 Å². The van der Waals surface area contributed by atoms with Gasteiger partial charge in [-0.1, -0.05) is 12.1 Å². The Morgan fingerprint density at radius 1 is 1.14 bits per heavy atom. The number of amides is 2. The molecule has 1 aliphatic heterocycles. The highest BCUT2D eigenvalue weighted by Crippen LogP contribution is 2.35. The van der Waals surface area contributed by atoms with Crippen molar-refractivity contribution in [2.75, 3.05) is 19.0 Å². The number of carbonyl (C=O) groups excluding carboxylic acids is 2. The molecule has 0 bridgehead atoms. The van der Waals surface area contributed by atoms with Gasteiger partial charge in [-0.3, -0.25) is 9.59 Å². The Morgan fingerprint density at radius 3 is 2.55 bits per heavy atom. The first-order chi connectivity index (χ1) is 14.1. The lowest BCUT2D eigenvalue weighted by atomic mass is 9.93. The number of methoxy groups -OCH3 is 1. The van der Waals surface area contributed by atoms with Crippen molar-refractivity contribution in [2.45, 2.75) is 19.4 Å². The van der Waals surface area contributed by atoms with Gasteiger partial charge in [-0.15, -0.1) is 0 Å². The van der Waals surface area contributed by atoms with Gasteiger partial charge in [-0.25, -0.2) is 0 Å². The van der Waals surface area contributed by atoms with Gasteiger partial charge in [-0.05, 0) is 61.4 Å². The fourth-order valence-corrected chi connectivity index (χ4v) is 3.51. The molecule has 1 atom stereocenters. The van der Waals surface area contributed by atoms with E-state index in [9.17, 15) is 9.59 Å². The molecule has 148 valence electrons. The van der Waals surface area contributed by atoms with E-state index in [1.54, 1.807) is 44.4 Å². The second-order valence-corrected chi connectivity index (χ2v) is 7.00. The number of benzene rings is 2. The van der Waals surface area contributed by atoms with Gasteiger partial charge in [0.2, 0.25) is 0 Å². The number of nitrogens with zero attached hydrogens (tertiary/aromatic N) is 1. The third kappa shape index (κ3) is 3.74. The van der Waals surface area contributed by atoms with Crippen LogP contribution in [0, 0.1) is 6.92 Å². The number of ether oxygens (including phenoxy) is 1. The van der Waals surface area contributed by atoms with Crippen molar-refractivity contribution in [3.63, 3.8) is 0 Å². The molecular formula is C23H22N2O4. The van der Waals surface area contributed by atoms with Crippen molar-refractivity contribution in [1.29, 1.82) is 0 Å². The summed E-state index contributed by atoms with van der Waals surface area (Å²) >= 11 is 0. The smallest absolute Gasteiger partial charge is 0.259 e. The lowest BCUT2D eigenvalue weighted by Gasteiger charge is -2.41. The largest absolute Gasteiger partial charge is 0.497 e. The molecular weight excluding hydrogens is 368 g/mol. The van der Waals surface area contributed by atoms with E-state index in [1.807, 2.05) is 29.2 Å². The summed E-state index contributed by atoms with van der Waals surface area (Å²) < 4.78 is 10.5. The zero-order chi connectivity index (χ0) is 20.4. The van der Waals surface area contributed by atoms with Gasteiger partial charge >= 0.3 is 0 Å². The summed E-state index contributed by atoms with van der Waals surface area (Å²) in [7, 11) is 1.64. The Bertz CT molecular complexity index is 1040. The van der Waals surface area contributed by atoms with Crippen molar-refractivity contribution >= 4 is 17.5 Å². The van der Waals surface area contributed by atoms with E-state index >= 15 is 0 Å². The average Bonchev–Trinajstić information content (AvgIpc) is 3.14. The highest BCUT2D eigenvalue weighted by Gasteiger charge is 2.34. The van der Waals surface area contributed by atoms with Crippen LogP contribution >= 0.6 is 0 Å². The molecule has 0 spiro atoms. The molecule has 1 aromatic heterocycles. The van der Waals surface area contributed by atoms with E-state index in [2.05, 4.69) is 5.32 Å². The standard InChI is InChI=1S/C23H22N2O4/c1-15-20(11-13-29-15)22(26)24-18-8-6-16(7-9-18)23(27)25-12-10-21(25)17-4-3-5-19(14-17)28-2/h3-9,11,13-14,21H,10,12H2,1-2H3,(H,24,26)/t21-/m1/s1. The van der Waals surface area contributed by atoms with Crippen LogP contribution < -0.4 is 10.1 Å². The van der Waals surface area contributed by atoms with E-state index in [4.69, 9.17) is 9.15 Å². The van der Waals surface area contributed by atoms with Crippen LogP contribution in [-0.4, -0.2) is 30.4 Å². The second-order valence-electron chi connectivity index (χ2n) is 7.00. The third-order valence-corrected chi connectivity index (χ3v) is 5.25. The molecule has 3 aromatic rings. The molecule has 1 aliphatic rings. The number of hydrogen-bond donors (Lipinski definition) is 1. The lowest BCUT2D eigenvalue weighted by Crippen LogP contribution is -2.45. The number of anilines is 1. The highest BCUT2D eigenvalue weighted by molar-refractivity contribution is 6.05. The SMILES string of the molecule is COc1cccc([C@H]2CCN2C(=O)c2ccc(NC(=O)c3ccoc3C)cc2)c1. The monoisotopic (exact) mass is 390 g/mol. The number of hydrogen-bond acceptors (Lipinski definition) is 4. The summed E-state index contributed by atoms with van der Waals surface area (Å²) in [5.74, 6) is 1.09. The van der Waals surface area contributed by atoms with Crippen LogP contribution in [0.1, 0.15) is 44.5 Å². The van der Waals surface area contributed by atoms with Crippen molar-refractivity contribution in [1.82, 2.24) is 4.90 Å². The molecule has 2 amide bonds. The Labute approximate surface area is 169 Å². The van der Waals surface area contributed by atoms with E-state index in [0.717, 1.165) is 24.3 Å². The summed E-state index contributed by atoms with van der Waals surface area (Å²) in [6.07, 6.45) is 2.41. The molecule has 1 N–H and O–H groups in total. The molecule has 29 heavy (non-hydrogen) atoms. The Kier molecular flexibility index (Phi) is 5.08. The van der Waals surface area contributed by atoms with Gasteiger partial charge in [0.15, 0.2) is 0 Å². The first kappa shape index (κ1) is 18.8. The Hall–Kier alpha value is -3.54. The molecule has 2 heterocycles. The normalized spacial score (nSPS) is 15.5. The topological polar surface area (TPSA) is 71.8 Å². The molecule has 4 rings (SSSR count). The van der Waals surface area contributed by atoms with Gasteiger partial charge in [0.25, 0.3) is 11.8 Å². The maximum atomic E-state index is 12.9. The first-order valence-electron chi connectivity index (χ1n) is 9.47. The zero-order valence-electron chi connectivity index (χ0n) is 16.3.